The molecule has 0 bridgehead atoms. The van der Waals surface area contributed by atoms with E-state index in [0.29, 0.717) is 30.0 Å². The molecule has 11 nitrogen and oxygen atoms in total. The first-order valence-electron chi connectivity index (χ1n) is 17.7. The number of carbonyl (C=O) groups is 2. The largest absolute Gasteiger partial charge is 0.497 e. The molecular formula is C39H48BrN5O6. The lowest BCUT2D eigenvalue weighted by atomic mass is 9.85. The van der Waals surface area contributed by atoms with Gasteiger partial charge >= 0.3 is 12.1 Å². The van der Waals surface area contributed by atoms with E-state index >= 15 is 0 Å². The van der Waals surface area contributed by atoms with Crippen molar-refractivity contribution in [2.75, 3.05) is 26.1 Å². The third-order valence-electron chi connectivity index (χ3n) is 9.03. The molecule has 0 spiro atoms. The van der Waals surface area contributed by atoms with Gasteiger partial charge in [0, 0.05) is 36.6 Å². The number of unbranched alkanes of at least 4 members (excludes halogenated alkanes) is 3. The third-order valence-corrected chi connectivity index (χ3v) is 9.58. The standard InChI is InChI=1S/C39H48BrN5O6/c1-4-50-34(46)19-12-7-5-6-11-18-31-25-42-37(41-24-29-20-21-32(48-2)23-33(29)49-3)35-36(40)44-38(45(31)35)28-16-13-17-30(22-28)43-39(47)51-26-27-14-9-8-10-15-27/h8-11,14-15,18,20-21,23,25,28,30H,4-7,12-13,16-17,19,22,24,26H2,1-3H3,(H,41,42)(H,43,47)/b18-11+/t28-,30-/m1/s1. The molecule has 1 aliphatic rings. The highest BCUT2D eigenvalue weighted by atomic mass is 79.9. The van der Waals surface area contributed by atoms with E-state index in [-0.39, 0.29) is 24.5 Å². The van der Waals surface area contributed by atoms with Crippen molar-refractivity contribution in [1.82, 2.24) is 19.7 Å². The Morgan fingerprint density at radius 1 is 1.04 bits per heavy atom. The maximum Gasteiger partial charge on any atom is 0.407 e. The predicted octanol–water partition coefficient (Wildman–Crippen LogP) is 8.60. The zero-order valence-corrected chi connectivity index (χ0v) is 31.2. The van der Waals surface area contributed by atoms with Crippen molar-refractivity contribution in [3.63, 3.8) is 0 Å². The van der Waals surface area contributed by atoms with Crippen LogP contribution in [-0.2, 0) is 27.4 Å². The van der Waals surface area contributed by atoms with Crippen LogP contribution in [0.4, 0.5) is 10.6 Å². The summed E-state index contributed by atoms with van der Waals surface area (Å²) in [6, 6.07) is 15.4. The molecule has 1 aliphatic carbocycles. The van der Waals surface area contributed by atoms with Crippen molar-refractivity contribution in [2.24, 2.45) is 0 Å². The number of carbonyl (C=O) groups excluding carboxylic acids is 2. The molecule has 4 aromatic rings. The first-order chi connectivity index (χ1) is 24.9. The van der Waals surface area contributed by atoms with E-state index < -0.39 is 6.09 Å². The number of ether oxygens (including phenoxy) is 4. The van der Waals surface area contributed by atoms with E-state index in [1.165, 1.54) is 0 Å². The van der Waals surface area contributed by atoms with Crippen molar-refractivity contribution < 1.29 is 28.5 Å². The second-order valence-electron chi connectivity index (χ2n) is 12.6. The molecule has 1 fully saturated rings. The van der Waals surface area contributed by atoms with Gasteiger partial charge in [-0.2, -0.15) is 0 Å². The van der Waals surface area contributed by atoms with Gasteiger partial charge in [0.05, 0.1) is 32.7 Å². The fourth-order valence-electron chi connectivity index (χ4n) is 6.45. The number of amides is 1. The summed E-state index contributed by atoms with van der Waals surface area (Å²) < 4.78 is 24.5. The molecule has 2 aromatic heterocycles. The Morgan fingerprint density at radius 2 is 1.88 bits per heavy atom. The maximum absolute atomic E-state index is 12.8. The Kier molecular flexibility index (Phi) is 14.1. The summed E-state index contributed by atoms with van der Waals surface area (Å²) in [6.45, 7) is 2.95. The smallest absolute Gasteiger partial charge is 0.407 e. The van der Waals surface area contributed by atoms with Crippen LogP contribution in [0.2, 0.25) is 0 Å². The molecule has 0 radical (unpaired) electrons. The lowest BCUT2D eigenvalue weighted by molar-refractivity contribution is -0.143. The SMILES string of the molecule is CCOC(=O)CCCCC/C=C/c1cnc(NCc2ccc(OC)cc2OC)c2c(Br)nc([C@@H]3CCC[C@@H](NC(=O)OCc4ccccc4)C3)n12. The number of halogens is 1. The average Bonchev–Trinajstić information content (AvgIpc) is 3.51. The number of methoxy groups -OCH3 is 2. The van der Waals surface area contributed by atoms with Gasteiger partial charge in [-0.25, -0.2) is 14.8 Å². The van der Waals surface area contributed by atoms with Crippen LogP contribution in [0, 0.1) is 0 Å². The van der Waals surface area contributed by atoms with Gasteiger partial charge in [0.15, 0.2) is 5.82 Å². The van der Waals surface area contributed by atoms with Crippen LogP contribution < -0.4 is 20.1 Å². The van der Waals surface area contributed by atoms with E-state index in [9.17, 15) is 9.59 Å². The Balaban J connectivity index is 1.34. The number of nitrogens with zero attached hydrogens (tertiary/aromatic N) is 3. The van der Waals surface area contributed by atoms with Crippen LogP contribution in [-0.4, -0.2) is 53.3 Å². The summed E-state index contributed by atoms with van der Waals surface area (Å²) in [5.41, 5.74) is 3.66. The van der Waals surface area contributed by atoms with Crippen LogP contribution in [0.15, 0.2) is 65.4 Å². The number of fused-ring (bicyclic) bond motifs is 1. The zero-order chi connectivity index (χ0) is 36.0. The normalized spacial score (nSPS) is 15.8. The molecule has 2 atom stereocenters. The molecule has 1 saturated carbocycles. The van der Waals surface area contributed by atoms with Crippen molar-refractivity contribution in [2.45, 2.75) is 89.8 Å². The number of aromatic nitrogens is 3. The first-order valence-corrected chi connectivity index (χ1v) is 18.5. The van der Waals surface area contributed by atoms with Gasteiger partial charge in [0.25, 0.3) is 0 Å². The Hall–Kier alpha value is -4.58. The second kappa shape index (κ2) is 19.1. The minimum Gasteiger partial charge on any atom is -0.497 e. The van der Waals surface area contributed by atoms with E-state index in [4.69, 9.17) is 28.9 Å². The summed E-state index contributed by atoms with van der Waals surface area (Å²) in [5, 5.41) is 6.61. The molecule has 5 rings (SSSR count). The predicted molar refractivity (Wildman–Crippen MR) is 201 cm³/mol. The average molecular weight is 763 g/mol. The van der Waals surface area contributed by atoms with E-state index in [1.807, 2.05) is 61.7 Å². The molecule has 272 valence electrons. The summed E-state index contributed by atoms with van der Waals surface area (Å²) >= 11 is 3.77. The number of imidazole rings is 1. The number of esters is 1. The number of anilines is 1. The molecule has 2 heterocycles. The van der Waals surface area contributed by atoms with Gasteiger partial charge in [-0.1, -0.05) is 49.2 Å². The number of benzene rings is 2. The minimum absolute atomic E-state index is 0.0336. The molecular weight excluding hydrogens is 714 g/mol. The molecule has 0 aliphatic heterocycles. The summed E-state index contributed by atoms with van der Waals surface area (Å²) in [5.74, 6) is 3.01. The van der Waals surface area contributed by atoms with Crippen LogP contribution in [0.25, 0.3) is 11.6 Å². The molecule has 51 heavy (non-hydrogen) atoms. The number of hydrogen-bond donors (Lipinski definition) is 2. The van der Waals surface area contributed by atoms with Gasteiger partial charge in [-0.15, -0.1) is 0 Å². The van der Waals surface area contributed by atoms with Crippen LogP contribution in [0.5, 0.6) is 11.5 Å². The van der Waals surface area contributed by atoms with E-state index in [2.05, 4.69) is 43.1 Å². The topological polar surface area (TPSA) is 125 Å². The Labute approximate surface area is 308 Å². The van der Waals surface area contributed by atoms with Gasteiger partial charge < -0.3 is 29.6 Å². The first kappa shape index (κ1) is 37.7. The van der Waals surface area contributed by atoms with Crippen molar-refractivity contribution in [3.8, 4) is 11.5 Å². The second-order valence-corrected chi connectivity index (χ2v) is 13.3. The van der Waals surface area contributed by atoms with Gasteiger partial charge in [0.2, 0.25) is 0 Å². The lowest BCUT2D eigenvalue weighted by Gasteiger charge is -2.29. The molecule has 2 N–H and O–H groups in total. The lowest BCUT2D eigenvalue weighted by Crippen LogP contribution is -2.38. The summed E-state index contributed by atoms with van der Waals surface area (Å²) in [6.07, 6.45) is 13.3. The van der Waals surface area contributed by atoms with Crippen LogP contribution >= 0.6 is 15.9 Å². The highest BCUT2D eigenvalue weighted by Gasteiger charge is 2.30. The fourth-order valence-corrected chi connectivity index (χ4v) is 7.00. The van der Waals surface area contributed by atoms with E-state index in [0.717, 1.165) is 91.0 Å². The van der Waals surface area contributed by atoms with Crippen molar-refractivity contribution in [3.05, 3.63) is 88.1 Å². The van der Waals surface area contributed by atoms with Gasteiger partial charge in [-0.3, -0.25) is 9.20 Å². The Bertz CT molecular complexity index is 1780. The van der Waals surface area contributed by atoms with Gasteiger partial charge in [-0.05, 0) is 85.2 Å². The third kappa shape index (κ3) is 10.5. The number of hydrogen-bond acceptors (Lipinski definition) is 9. The monoisotopic (exact) mass is 761 g/mol. The summed E-state index contributed by atoms with van der Waals surface area (Å²) in [7, 11) is 3.28. The maximum atomic E-state index is 12.8. The molecule has 12 heteroatoms. The van der Waals surface area contributed by atoms with Crippen LogP contribution in [0.3, 0.4) is 0 Å². The van der Waals surface area contributed by atoms with Gasteiger partial charge in [0.1, 0.15) is 34.1 Å². The molecule has 1 amide bonds. The fraction of sp³-hybridized carbons (Fsp3) is 0.436. The Morgan fingerprint density at radius 3 is 2.67 bits per heavy atom. The number of nitrogens with one attached hydrogen (secondary N) is 2. The van der Waals surface area contributed by atoms with Crippen LogP contribution in [0.1, 0.15) is 93.3 Å². The number of rotatable bonds is 17. The highest BCUT2D eigenvalue weighted by Crippen LogP contribution is 2.37. The minimum atomic E-state index is -0.408. The molecule has 0 saturated heterocycles. The highest BCUT2D eigenvalue weighted by molar-refractivity contribution is 9.10. The van der Waals surface area contributed by atoms with Crippen molar-refractivity contribution >= 4 is 45.4 Å². The molecule has 0 unspecified atom stereocenters. The zero-order valence-electron chi connectivity index (χ0n) is 29.7. The summed E-state index contributed by atoms with van der Waals surface area (Å²) in [4.78, 5) is 34.4. The van der Waals surface area contributed by atoms with E-state index in [1.54, 1.807) is 14.2 Å². The quantitative estimate of drug-likeness (QED) is 0.0804. The molecule has 2 aromatic carbocycles. The number of alkyl carbamates (subject to hydrolysis) is 1. The van der Waals surface area contributed by atoms with Crippen molar-refractivity contribution in [1.29, 1.82) is 0 Å². The number of allylic oxidation sites excluding steroid dienone is 1.